The maximum absolute atomic E-state index is 5.85. The van der Waals surface area contributed by atoms with Gasteiger partial charge < -0.3 is 11.5 Å². The van der Waals surface area contributed by atoms with Crippen molar-refractivity contribution in [2.24, 2.45) is 5.92 Å². The van der Waals surface area contributed by atoms with Gasteiger partial charge in [-0.1, -0.05) is 138 Å². The molecule has 4 rings (SSSR count). The highest BCUT2D eigenvalue weighted by Gasteiger charge is 2.11. The van der Waals surface area contributed by atoms with Gasteiger partial charge in [0.2, 0.25) is 0 Å². The standard InChI is InChI=1S/C41H54N2/c1-2-3-4-5-6-7-8-9-10-33(11-13-34-15-19-36(20-16-34)31-38-23-27-40(42)28-24-38)12-14-35-17-21-37(22-18-35)32-39-25-29-41(43)30-26-39/h15-30,33H,2-14,31-32,42-43H2,1H3. The average molecular weight is 575 g/mol. The molecule has 2 heteroatoms. The zero-order valence-corrected chi connectivity index (χ0v) is 26.6. The Labute approximate surface area is 261 Å². The Kier molecular flexibility index (Phi) is 13.7. The molecule has 0 fully saturated rings. The molecule has 4 aromatic rings. The lowest BCUT2D eigenvalue weighted by Crippen LogP contribution is -2.05. The number of hydrogen-bond acceptors (Lipinski definition) is 2. The number of nitrogen functional groups attached to an aromatic ring is 2. The Bertz CT molecular complexity index is 1190. The van der Waals surface area contributed by atoms with Crippen molar-refractivity contribution >= 4 is 11.4 Å². The van der Waals surface area contributed by atoms with Crippen LogP contribution in [0.2, 0.25) is 0 Å². The van der Waals surface area contributed by atoms with Gasteiger partial charge >= 0.3 is 0 Å². The second-order valence-corrected chi connectivity index (χ2v) is 12.7. The third kappa shape index (κ3) is 12.3. The van der Waals surface area contributed by atoms with E-state index in [-0.39, 0.29) is 0 Å². The van der Waals surface area contributed by atoms with Crippen molar-refractivity contribution in [3.63, 3.8) is 0 Å². The van der Waals surface area contributed by atoms with Crippen molar-refractivity contribution in [3.05, 3.63) is 130 Å². The predicted octanol–water partition coefficient (Wildman–Crippen LogP) is 10.7. The maximum atomic E-state index is 5.85. The van der Waals surface area contributed by atoms with Crippen LogP contribution in [0.3, 0.4) is 0 Å². The number of nitrogens with two attached hydrogens (primary N) is 2. The molecule has 0 aliphatic heterocycles. The number of rotatable bonds is 19. The zero-order chi connectivity index (χ0) is 30.1. The smallest absolute Gasteiger partial charge is 0.0314 e. The summed E-state index contributed by atoms with van der Waals surface area (Å²) in [7, 11) is 0. The molecular weight excluding hydrogens is 520 g/mol. The van der Waals surface area contributed by atoms with Gasteiger partial charge in [-0.2, -0.15) is 0 Å². The molecule has 43 heavy (non-hydrogen) atoms. The maximum Gasteiger partial charge on any atom is 0.0314 e. The van der Waals surface area contributed by atoms with Crippen LogP contribution in [0.5, 0.6) is 0 Å². The molecule has 4 aromatic carbocycles. The minimum atomic E-state index is 0.781. The number of anilines is 2. The highest BCUT2D eigenvalue weighted by molar-refractivity contribution is 5.41. The molecule has 0 amide bonds. The van der Waals surface area contributed by atoms with Crippen molar-refractivity contribution in [2.45, 2.75) is 103 Å². The molecule has 0 radical (unpaired) electrons. The summed E-state index contributed by atoms with van der Waals surface area (Å²) in [6.07, 6.45) is 19.3. The summed E-state index contributed by atoms with van der Waals surface area (Å²) < 4.78 is 0. The molecule has 0 bridgehead atoms. The summed E-state index contributed by atoms with van der Waals surface area (Å²) in [5, 5.41) is 0. The molecule has 2 nitrogen and oxygen atoms in total. The molecule has 0 aliphatic carbocycles. The molecule has 0 atom stereocenters. The fourth-order valence-corrected chi connectivity index (χ4v) is 6.13. The molecule has 0 heterocycles. The largest absolute Gasteiger partial charge is 0.399 e. The van der Waals surface area contributed by atoms with Gasteiger partial charge in [0.05, 0.1) is 0 Å². The van der Waals surface area contributed by atoms with Crippen LogP contribution in [-0.2, 0) is 25.7 Å². The van der Waals surface area contributed by atoms with Crippen molar-refractivity contribution in [1.82, 2.24) is 0 Å². The molecule has 4 N–H and O–H groups in total. The topological polar surface area (TPSA) is 52.0 Å². The second kappa shape index (κ2) is 18.2. The van der Waals surface area contributed by atoms with E-state index < -0.39 is 0 Å². The Balaban J connectivity index is 1.26. The van der Waals surface area contributed by atoms with E-state index in [2.05, 4.69) is 79.7 Å². The minimum absolute atomic E-state index is 0.781. The zero-order valence-electron chi connectivity index (χ0n) is 26.6. The fourth-order valence-electron chi connectivity index (χ4n) is 6.13. The first-order valence-electron chi connectivity index (χ1n) is 16.9. The lowest BCUT2D eigenvalue weighted by atomic mass is 9.88. The van der Waals surface area contributed by atoms with E-state index in [9.17, 15) is 0 Å². The quantitative estimate of drug-likeness (QED) is 0.0864. The first-order chi connectivity index (χ1) is 21.1. The van der Waals surface area contributed by atoms with Crippen molar-refractivity contribution in [1.29, 1.82) is 0 Å². The summed E-state index contributed by atoms with van der Waals surface area (Å²) in [5.41, 5.74) is 21.6. The van der Waals surface area contributed by atoms with Crippen LogP contribution in [0.25, 0.3) is 0 Å². The van der Waals surface area contributed by atoms with Gasteiger partial charge in [-0.15, -0.1) is 0 Å². The van der Waals surface area contributed by atoms with Gasteiger partial charge in [-0.25, -0.2) is 0 Å². The minimum Gasteiger partial charge on any atom is -0.399 e. The fraction of sp³-hybridized carbons (Fsp3) is 0.415. The molecular formula is C41H54N2. The summed E-state index contributed by atoms with van der Waals surface area (Å²) in [6.45, 7) is 2.30. The van der Waals surface area contributed by atoms with Crippen LogP contribution in [0.15, 0.2) is 97.1 Å². The van der Waals surface area contributed by atoms with E-state index in [4.69, 9.17) is 11.5 Å². The molecule has 0 aromatic heterocycles. The summed E-state index contributed by atoms with van der Waals surface area (Å²) in [5.74, 6) is 0.781. The number of aryl methyl sites for hydroxylation is 2. The molecule has 0 unspecified atom stereocenters. The Morgan fingerprint density at radius 3 is 1.12 bits per heavy atom. The highest BCUT2D eigenvalue weighted by Crippen LogP contribution is 2.24. The van der Waals surface area contributed by atoms with Crippen LogP contribution in [-0.4, -0.2) is 0 Å². The molecule has 0 saturated carbocycles. The molecule has 0 saturated heterocycles. The van der Waals surface area contributed by atoms with Crippen molar-refractivity contribution < 1.29 is 0 Å². The molecule has 0 spiro atoms. The van der Waals surface area contributed by atoms with Gasteiger partial charge in [0.15, 0.2) is 0 Å². The third-order valence-corrected chi connectivity index (χ3v) is 8.97. The first-order valence-corrected chi connectivity index (χ1v) is 16.9. The Hall–Kier alpha value is -3.52. The van der Waals surface area contributed by atoms with Crippen molar-refractivity contribution in [2.75, 3.05) is 11.5 Å². The number of unbranched alkanes of at least 4 members (excludes halogenated alkanes) is 7. The van der Waals surface area contributed by atoms with Gasteiger partial charge in [0.25, 0.3) is 0 Å². The van der Waals surface area contributed by atoms with E-state index in [1.807, 2.05) is 24.3 Å². The predicted molar refractivity (Wildman–Crippen MR) is 188 cm³/mol. The number of benzene rings is 4. The summed E-state index contributed by atoms with van der Waals surface area (Å²) in [6, 6.07) is 35.1. The van der Waals surface area contributed by atoms with E-state index in [1.54, 1.807) is 0 Å². The van der Waals surface area contributed by atoms with E-state index in [1.165, 1.54) is 117 Å². The van der Waals surface area contributed by atoms with Crippen LogP contribution < -0.4 is 11.5 Å². The normalized spacial score (nSPS) is 11.3. The first kappa shape index (κ1) is 32.4. The van der Waals surface area contributed by atoms with Crippen molar-refractivity contribution in [3.8, 4) is 0 Å². The lowest BCUT2D eigenvalue weighted by molar-refractivity contribution is 0.398. The lowest BCUT2D eigenvalue weighted by Gasteiger charge is -2.18. The van der Waals surface area contributed by atoms with Gasteiger partial charge in [-0.05, 0) is 102 Å². The van der Waals surface area contributed by atoms with E-state index >= 15 is 0 Å². The van der Waals surface area contributed by atoms with E-state index in [0.29, 0.717) is 0 Å². The SMILES string of the molecule is CCCCCCCCCCC(CCc1ccc(Cc2ccc(N)cc2)cc1)CCc1ccc(Cc2ccc(N)cc2)cc1. The average Bonchev–Trinajstić information content (AvgIpc) is 3.03. The monoisotopic (exact) mass is 574 g/mol. The number of hydrogen-bond donors (Lipinski definition) is 2. The Morgan fingerprint density at radius 2 is 0.721 bits per heavy atom. The second-order valence-electron chi connectivity index (χ2n) is 12.7. The van der Waals surface area contributed by atoms with E-state index in [0.717, 1.165) is 30.1 Å². The summed E-state index contributed by atoms with van der Waals surface area (Å²) in [4.78, 5) is 0. The van der Waals surface area contributed by atoms with Crippen LogP contribution in [0.4, 0.5) is 11.4 Å². The van der Waals surface area contributed by atoms with Crippen LogP contribution >= 0.6 is 0 Å². The highest BCUT2D eigenvalue weighted by atomic mass is 14.5. The Morgan fingerprint density at radius 1 is 0.395 bits per heavy atom. The summed E-state index contributed by atoms with van der Waals surface area (Å²) >= 11 is 0. The molecule has 0 aliphatic rings. The van der Waals surface area contributed by atoms with Gasteiger partial charge in [0.1, 0.15) is 0 Å². The third-order valence-electron chi connectivity index (χ3n) is 8.97. The van der Waals surface area contributed by atoms with Crippen LogP contribution in [0.1, 0.15) is 111 Å². The van der Waals surface area contributed by atoms with Crippen LogP contribution in [0, 0.1) is 5.92 Å². The van der Waals surface area contributed by atoms with Gasteiger partial charge in [0, 0.05) is 11.4 Å². The van der Waals surface area contributed by atoms with Gasteiger partial charge in [-0.3, -0.25) is 0 Å². The molecule has 228 valence electrons.